The smallest absolute Gasteiger partial charge is 0.303 e. The molecule has 1 aliphatic heterocycles. The maximum Gasteiger partial charge on any atom is 0.303 e. The summed E-state index contributed by atoms with van der Waals surface area (Å²) in [6.45, 7) is 4.96. The number of carbonyl (C=O) groups is 4. The maximum absolute atomic E-state index is 12.0. The third-order valence-electron chi connectivity index (χ3n) is 7.52. The fourth-order valence-electron chi connectivity index (χ4n) is 5.59. The van der Waals surface area contributed by atoms with Gasteiger partial charge in [-0.05, 0) is 55.7 Å². The Morgan fingerprint density at radius 2 is 1.43 bits per heavy atom. The molecule has 0 bridgehead atoms. The summed E-state index contributed by atoms with van der Waals surface area (Å²) >= 11 is 0. The number of aliphatic hydroxyl groups is 1. The molecule has 234 valence electrons. The Morgan fingerprint density at radius 3 is 2.02 bits per heavy atom. The van der Waals surface area contributed by atoms with Gasteiger partial charge < -0.3 is 33.5 Å². The van der Waals surface area contributed by atoms with Crippen molar-refractivity contribution in [3.05, 3.63) is 29.8 Å². The minimum atomic E-state index is -2.12. The van der Waals surface area contributed by atoms with Crippen LogP contribution in [0.4, 0.5) is 0 Å². The van der Waals surface area contributed by atoms with E-state index in [0.29, 0.717) is 25.2 Å². The summed E-state index contributed by atoms with van der Waals surface area (Å²) in [4.78, 5) is 47.4. The SMILES string of the molecule is CC(=O)OC[C@H]1O[C@](O)(CCCCc2ccc(OCC3CCCCC3)cc2)[C@H](OC(C)=O)[C@@H](OC(C)=O)[C@@H]1OC(C)=O. The van der Waals surface area contributed by atoms with Crippen LogP contribution < -0.4 is 4.74 Å². The fraction of sp³-hybridized carbons (Fsp3) is 0.677. The van der Waals surface area contributed by atoms with Gasteiger partial charge in [-0.3, -0.25) is 19.2 Å². The van der Waals surface area contributed by atoms with Crippen molar-refractivity contribution in [1.82, 2.24) is 0 Å². The van der Waals surface area contributed by atoms with Crippen LogP contribution in [0.25, 0.3) is 0 Å². The second kappa shape index (κ2) is 15.9. The zero-order valence-electron chi connectivity index (χ0n) is 25.0. The number of benzene rings is 1. The van der Waals surface area contributed by atoms with Crippen molar-refractivity contribution >= 4 is 23.9 Å². The van der Waals surface area contributed by atoms with Gasteiger partial charge in [0.25, 0.3) is 0 Å². The largest absolute Gasteiger partial charge is 0.493 e. The van der Waals surface area contributed by atoms with Crippen molar-refractivity contribution in [1.29, 1.82) is 0 Å². The van der Waals surface area contributed by atoms with Gasteiger partial charge in [-0.2, -0.15) is 0 Å². The predicted octanol–water partition coefficient (Wildman–Crippen LogP) is 3.80. The van der Waals surface area contributed by atoms with Crippen molar-refractivity contribution in [2.24, 2.45) is 5.92 Å². The number of rotatable bonds is 13. The summed E-state index contributed by atoms with van der Waals surface area (Å²) in [6, 6.07) is 7.95. The second-order valence-corrected chi connectivity index (χ2v) is 11.1. The van der Waals surface area contributed by atoms with E-state index in [2.05, 4.69) is 0 Å². The number of ether oxygens (including phenoxy) is 6. The first kappa shape index (κ1) is 33.3. The molecule has 42 heavy (non-hydrogen) atoms. The number of esters is 4. The van der Waals surface area contributed by atoms with Gasteiger partial charge in [0, 0.05) is 34.1 Å². The Hall–Kier alpha value is -3.18. The highest BCUT2D eigenvalue weighted by molar-refractivity contribution is 5.68. The van der Waals surface area contributed by atoms with Crippen LogP contribution in [0.15, 0.2) is 24.3 Å². The number of unbranched alkanes of at least 4 members (excludes halogenated alkanes) is 1. The minimum Gasteiger partial charge on any atom is -0.493 e. The summed E-state index contributed by atoms with van der Waals surface area (Å²) in [5.74, 6) is -3.52. The molecule has 1 aromatic rings. The van der Waals surface area contributed by atoms with E-state index < -0.39 is 60.7 Å². The molecule has 1 aromatic carbocycles. The van der Waals surface area contributed by atoms with Gasteiger partial charge in [-0.25, -0.2) is 0 Å². The number of carbonyl (C=O) groups excluding carboxylic acids is 4. The van der Waals surface area contributed by atoms with Crippen LogP contribution in [0, 0.1) is 5.92 Å². The molecule has 0 amide bonds. The van der Waals surface area contributed by atoms with Crippen molar-refractivity contribution in [2.45, 2.75) is 116 Å². The lowest BCUT2D eigenvalue weighted by Gasteiger charge is -2.48. The highest BCUT2D eigenvalue weighted by atomic mass is 16.7. The van der Waals surface area contributed by atoms with Crippen LogP contribution in [0.1, 0.15) is 84.6 Å². The summed E-state index contributed by atoms with van der Waals surface area (Å²) < 4.78 is 33.1. The van der Waals surface area contributed by atoms with Gasteiger partial charge in [-0.15, -0.1) is 0 Å². The Bertz CT molecular complexity index is 1050. The Labute approximate surface area is 247 Å². The van der Waals surface area contributed by atoms with Crippen LogP contribution in [0.5, 0.6) is 5.75 Å². The van der Waals surface area contributed by atoms with Crippen molar-refractivity contribution in [3.8, 4) is 5.75 Å². The molecule has 2 fully saturated rings. The zero-order chi connectivity index (χ0) is 30.7. The lowest BCUT2D eigenvalue weighted by molar-refractivity contribution is -0.354. The molecule has 1 saturated carbocycles. The van der Waals surface area contributed by atoms with E-state index in [1.54, 1.807) is 0 Å². The molecule has 0 aromatic heterocycles. The second-order valence-electron chi connectivity index (χ2n) is 11.1. The van der Waals surface area contributed by atoms with E-state index in [4.69, 9.17) is 28.4 Å². The van der Waals surface area contributed by atoms with Crippen molar-refractivity contribution in [2.75, 3.05) is 13.2 Å². The van der Waals surface area contributed by atoms with Gasteiger partial charge in [0.15, 0.2) is 18.3 Å². The van der Waals surface area contributed by atoms with Crippen LogP contribution in [-0.2, 0) is 49.3 Å². The molecule has 0 radical (unpaired) electrons. The summed E-state index contributed by atoms with van der Waals surface area (Å²) in [6.07, 6.45) is 2.70. The molecule has 2 aliphatic rings. The van der Waals surface area contributed by atoms with Gasteiger partial charge in [0.1, 0.15) is 18.5 Å². The van der Waals surface area contributed by atoms with Gasteiger partial charge in [0.05, 0.1) is 6.61 Å². The summed E-state index contributed by atoms with van der Waals surface area (Å²) in [5.41, 5.74) is 1.09. The lowest BCUT2D eigenvalue weighted by atomic mass is 9.88. The first-order chi connectivity index (χ1) is 20.0. The molecule has 1 heterocycles. The number of hydrogen-bond donors (Lipinski definition) is 1. The zero-order valence-corrected chi connectivity index (χ0v) is 25.0. The van der Waals surface area contributed by atoms with Gasteiger partial charge in [-0.1, -0.05) is 31.4 Å². The number of hydrogen-bond acceptors (Lipinski definition) is 11. The topological polar surface area (TPSA) is 144 Å². The normalized spacial score (nSPS) is 26.1. The molecule has 3 rings (SSSR count). The van der Waals surface area contributed by atoms with E-state index in [0.717, 1.165) is 38.7 Å². The van der Waals surface area contributed by atoms with Crippen LogP contribution in [-0.4, -0.2) is 72.4 Å². The third-order valence-corrected chi connectivity index (χ3v) is 7.52. The standard InChI is InChI=1S/C31H44O11/c1-20(32)37-19-27-28(39-21(2)33)29(40-22(3)34)30(41-23(4)35)31(36,42-27)17-9-8-10-24-13-15-26(16-14-24)38-18-25-11-6-5-7-12-25/h13-16,25,27-30,36H,5-12,17-19H2,1-4H3/t27-,28-,29+,30-,31-/m1/s1. The lowest BCUT2D eigenvalue weighted by Crippen LogP contribution is -2.68. The summed E-state index contributed by atoms with van der Waals surface area (Å²) in [7, 11) is 0. The van der Waals surface area contributed by atoms with Crippen molar-refractivity contribution in [3.63, 3.8) is 0 Å². The molecule has 1 N–H and O–H groups in total. The molecule has 1 saturated heterocycles. The van der Waals surface area contributed by atoms with Crippen LogP contribution in [0.3, 0.4) is 0 Å². The third kappa shape index (κ3) is 10.3. The molecule has 0 unspecified atom stereocenters. The molecular formula is C31H44O11. The van der Waals surface area contributed by atoms with E-state index in [9.17, 15) is 24.3 Å². The number of aryl methyl sites for hydroxylation is 1. The first-order valence-corrected chi connectivity index (χ1v) is 14.7. The first-order valence-electron chi connectivity index (χ1n) is 14.7. The van der Waals surface area contributed by atoms with E-state index in [1.807, 2.05) is 24.3 Å². The highest BCUT2D eigenvalue weighted by Crippen LogP contribution is 2.37. The Morgan fingerprint density at radius 1 is 0.810 bits per heavy atom. The quantitative estimate of drug-likeness (QED) is 0.203. The van der Waals surface area contributed by atoms with Gasteiger partial charge >= 0.3 is 23.9 Å². The Balaban J connectivity index is 1.66. The van der Waals surface area contributed by atoms with Crippen LogP contribution >= 0.6 is 0 Å². The molecule has 11 nitrogen and oxygen atoms in total. The summed E-state index contributed by atoms with van der Waals surface area (Å²) in [5, 5.41) is 11.7. The highest BCUT2D eigenvalue weighted by Gasteiger charge is 2.59. The fourth-order valence-corrected chi connectivity index (χ4v) is 5.59. The molecule has 1 aliphatic carbocycles. The van der Waals surface area contributed by atoms with E-state index in [1.165, 1.54) is 39.0 Å². The Kier molecular flexibility index (Phi) is 12.6. The van der Waals surface area contributed by atoms with Crippen molar-refractivity contribution < 1.29 is 52.7 Å². The molecule has 5 atom stereocenters. The maximum atomic E-state index is 12.0. The predicted molar refractivity (Wildman–Crippen MR) is 149 cm³/mol. The van der Waals surface area contributed by atoms with E-state index in [-0.39, 0.29) is 6.42 Å². The average molecular weight is 593 g/mol. The van der Waals surface area contributed by atoms with Gasteiger partial charge in [0.2, 0.25) is 5.79 Å². The van der Waals surface area contributed by atoms with E-state index >= 15 is 0 Å². The van der Waals surface area contributed by atoms with Crippen LogP contribution in [0.2, 0.25) is 0 Å². The minimum absolute atomic E-state index is 0.00530. The monoisotopic (exact) mass is 592 g/mol. The molecule has 11 heteroatoms. The molecular weight excluding hydrogens is 548 g/mol. The molecule has 0 spiro atoms. The average Bonchev–Trinajstić information content (AvgIpc) is 2.93.